The van der Waals surface area contributed by atoms with E-state index in [1.165, 1.54) is 7.05 Å². The van der Waals surface area contributed by atoms with Crippen molar-refractivity contribution in [2.45, 2.75) is 32.3 Å². The molecular weight excluding hydrogens is 384 g/mol. The summed E-state index contributed by atoms with van der Waals surface area (Å²) in [5.41, 5.74) is 0.924. The number of carbonyl (C=O) groups is 3. The molecule has 0 unspecified atom stereocenters. The van der Waals surface area contributed by atoms with Crippen molar-refractivity contribution in [3.8, 4) is 5.75 Å². The number of amides is 2. The van der Waals surface area contributed by atoms with Gasteiger partial charge in [0, 0.05) is 7.05 Å². The molecule has 2 aromatic carbocycles. The average molecular weight is 412 g/mol. The normalized spacial score (nSPS) is 11.9. The third kappa shape index (κ3) is 7.24. The predicted molar refractivity (Wildman–Crippen MR) is 114 cm³/mol. The maximum absolute atomic E-state index is 13.0. The largest absolute Gasteiger partial charge is 0.484 e. The van der Waals surface area contributed by atoms with Crippen LogP contribution in [0, 0.1) is 0 Å². The fourth-order valence-electron chi connectivity index (χ4n) is 2.76. The highest BCUT2D eigenvalue weighted by atomic mass is 16.6. The van der Waals surface area contributed by atoms with Gasteiger partial charge >= 0.3 is 6.09 Å². The van der Waals surface area contributed by atoms with E-state index in [0.29, 0.717) is 5.75 Å². The third-order valence-electron chi connectivity index (χ3n) is 4.12. The minimum absolute atomic E-state index is 0.0866. The molecule has 2 rings (SSSR count). The van der Waals surface area contributed by atoms with Gasteiger partial charge in [-0.25, -0.2) is 4.79 Å². The Hall–Kier alpha value is -3.35. The molecule has 2 N–H and O–H groups in total. The van der Waals surface area contributed by atoms with Crippen LogP contribution in [-0.2, 0) is 14.3 Å². The fraction of sp³-hybridized carbons (Fsp3) is 0.348. The monoisotopic (exact) mass is 412 g/mol. The number of nitrogens with one attached hydrogen (secondary N) is 2. The van der Waals surface area contributed by atoms with Gasteiger partial charge in [0.1, 0.15) is 11.4 Å². The van der Waals surface area contributed by atoms with E-state index in [1.54, 1.807) is 45.0 Å². The maximum Gasteiger partial charge on any atom is 0.408 e. The van der Waals surface area contributed by atoms with Gasteiger partial charge in [-0.3, -0.25) is 9.59 Å². The highest BCUT2D eigenvalue weighted by Gasteiger charge is 2.24. The minimum Gasteiger partial charge on any atom is -0.484 e. The van der Waals surface area contributed by atoms with Gasteiger partial charge in [-0.05, 0) is 44.0 Å². The van der Waals surface area contributed by atoms with Crippen LogP contribution in [0.1, 0.15) is 37.8 Å². The van der Waals surface area contributed by atoms with E-state index in [4.69, 9.17) is 9.47 Å². The second-order valence-corrected chi connectivity index (χ2v) is 7.70. The first-order valence-corrected chi connectivity index (χ1v) is 9.67. The van der Waals surface area contributed by atoms with Crippen LogP contribution >= 0.6 is 0 Å². The third-order valence-corrected chi connectivity index (χ3v) is 4.12. The van der Waals surface area contributed by atoms with Crippen LogP contribution in [0.3, 0.4) is 0 Å². The molecule has 0 spiro atoms. The van der Waals surface area contributed by atoms with Gasteiger partial charge in [0.05, 0.1) is 12.5 Å². The van der Waals surface area contributed by atoms with Crippen molar-refractivity contribution in [2.24, 2.45) is 0 Å². The van der Waals surface area contributed by atoms with Crippen LogP contribution in [0.2, 0.25) is 0 Å². The molecule has 160 valence electrons. The number of ketones is 1. The summed E-state index contributed by atoms with van der Waals surface area (Å²) in [6.07, 6.45) is -0.638. The van der Waals surface area contributed by atoms with Crippen LogP contribution in [0.25, 0.3) is 0 Å². The van der Waals surface area contributed by atoms with Crippen molar-refractivity contribution < 1.29 is 23.9 Å². The molecule has 0 aliphatic heterocycles. The summed E-state index contributed by atoms with van der Waals surface area (Å²) in [4.78, 5) is 36.2. The van der Waals surface area contributed by atoms with Crippen molar-refractivity contribution in [2.75, 3.05) is 20.2 Å². The Labute approximate surface area is 176 Å². The molecule has 0 saturated carbocycles. The number of carbonyl (C=O) groups excluding carboxylic acids is 3. The lowest BCUT2D eigenvalue weighted by Crippen LogP contribution is -2.37. The molecule has 0 aliphatic carbocycles. The van der Waals surface area contributed by atoms with Gasteiger partial charge in [-0.15, -0.1) is 0 Å². The van der Waals surface area contributed by atoms with Crippen molar-refractivity contribution in [3.63, 3.8) is 0 Å². The van der Waals surface area contributed by atoms with E-state index < -0.39 is 17.6 Å². The van der Waals surface area contributed by atoms with Crippen LogP contribution in [-0.4, -0.2) is 43.6 Å². The van der Waals surface area contributed by atoms with Crippen LogP contribution in [0.4, 0.5) is 4.79 Å². The van der Waals surface area contributed by atoms with Gasteiger partial charge in [-0.1, -0.05) is 42.5 Å². The average Bonchev–Trinajstić information content (AvgIpc) is 2.71. The molecule has 30 heavy (non-hydrogen) atoms. The van der Waals surface area contributed by atoms with Crippen LogP contribution < -0.4 is 15.4 Å². The van der Waals surface area contributed by atoms with Gasteiger partial charge in [0.25, 0.3) is 5.91 Å². The highest BCUT2D eigenvalue weighted by Crippen LogP contribution is 2.27. The van der Waals surface area contributed by atoms with E-state index >= 15 is 0 Å². The topological polar surface area (TPSA) is 93.7 Å². The Morgan fingerprint density at radius 2 is 1.53 bits per heavy atom. The zero-order chi connectivity index (χ0) is 22.1. The molecule has 7 heteroatoms. The van der Waals surface area contributed by atoms with E-state index in [9.17, 15) is 14.4 Å². The Kier molecular flexibility index (Phi) is 7.98. The number of likely N-dealkylation sites (N-methyl/N-ethyl adjacent to an activating group) is 1. The second-order valence-electron chi connectivity index (χ2n) is 7.70. The molecule has 0 aromatic heterocycles. The van der Waals surface area contributed by atoms with Gasteiger partial charge in [0.15, 0.2) is 12.4 Å². The molecule has 2 amide bonds. The number of hydrogen-bond acceptors (Lipinski definition) is 5. The smallest absolute Gasteiger partial charge is 0.408 e. The van der Waals surface area contributed by atoms with E-state index in [-0.39, 0.29) is 24.8 Å². The molecule has 2 aromatic rings. The van der Waals surface area contributed by atoms with E-state index in [0.717, 1.165) is 11.1 Å². The first-order valence-electron chi connectivity index (χ1n) is 9.67. The van der Waals surface area contributed by atoms with Crippen molar-refractivity contribution in [3.05, 3.63) is 65.7 Å². The van der Waals surface area contributed by atoms with Gasteiger partial charge < -0.3 is 20.1 Å². The molecule has 0 aliphatic rings. The molecule has 0 fully saturated rings. The lowest BCUT2D eigenvalue weighted by atomic mass is 9.87. The maximum atomic E-state index is 13.0. The molecule has 0 heterocycles. The SMILES string of the molecule is CNC(=O)COc1ccc([C@@H](C(=O)CNC(=O)OC(C)(C)C)c2ccccc2)cc1. The Morgan fingerprint density at radius 3 is 2.10 bits per heavy atom. The van der Waals surface area contributed by atoms with E-state index in [2.05, 4.69) is 10.6 Å². The quantitative estimate of drug-likeness (QED) is 0.695. The first kappa shape index (κ1) is 22.9. The number of benzene rings is 2. The fourth-order valence-corrected chi connectivity index (χ4v) is 2.76. The molecule has 0 saturated heterocycles. The Balaban J connectivity index is 2.15. The lowest BCUT2D eigenvalue weighted by Gasteiger charge is -2.21. The minimum atomic E-state index is -0.642. The predicted octanol–water partition coefficient (Wildman–Crippen LogP) is 3.04. The zero-order valence-corrected chi connectivity index (χ0v) is 17.7. The van der Waals surface area contributed by atoms with Crippen LogP contribution in [0.15, 0.2) is 54.6 Å². The summed E-state index contributed by atoms with van der Waals surface area (Å²) in [5, 5.41) is 5.01. The lowest BCUT2D eigenvalue weighted by molar-refractivity contribution is -0.122. The Morgan fingerprint density at radius 1 is 0.933 bits per heavy atom. The second kappa shape index (κ2) is 10.4. The summed E-state index contributed by atoms with van der Waals surface area (Å²) in [6.45, 7) is 5.03. The molecule has 7 nitrogen and oxygen atoms in total. The number of alkyl carbamates (subject to hydrolysis) is 1. The molecular formula is C23H28N2O5. The number of rotatable bonds is 8. The first-order chi connectivity index (χ1) is 14.2. The van der Waals surface area contributed by atoms with Crippen molar-refractivity contribution in [1.29, 1.82) is 0 Å². The van der Waals surface area contributed by atoms with Crippen LogP contribution in [0.5, 0.6) is 5.75 Å². The Bertz CT molecular complexity index is 857. The summed E-state index contributed by atoms with van der Waals surface area (Å²) >= 11 is 0. The molecule has 1 atom stereocenters. The summed E-state index contributed by atoms with van der Waals surface area (Å²) < 4.78 is 10.6. The summed E-state index contributed by atoms with van der Waals surface area (Å²) in [7, 11) is 1.54. The van der Waals surface area contributed by atoms with Crippen molar-refractivity contribution >= 4 is 17.8 Å². The number of hydrogen-bond donors (Lipinski definition) is 2. The molecule has 0 radical (unpaired) electrons. The van der Waals surface area contributed by atoms with Crippen molar-refractivity contribution in [1.82, 2.24) is 10.6 Å². The van der Waals surface area contributed by atoms with Gasteiger partial charge in [0.2, 0.25) is 0 Å². The molecule has 0 bridgehead atoms. The van der Waals surface area contributed by atoms with E-state index in [1.807, 2.05) is 30.3 Å². The zero-order valence-electron chi connectivity index (χ0n) is 17.7. The number of Topliss-reactive ketones (excluding diaryl/α,β-unsaturated/α-hetero) is 1. The summed E-state index contributed by atoms with van der Waals surface area (Å²) in [5.74, 6) is -0.446. The number of ether oxygens (including phenoxy) is 2. The van der Waals surface area contributed by atoms with Gasteiger partial charge in [-0.2, -0.15) is 0 Å². The standard InChI is InChI=1S/C23H28N2O5/c1-23(2,3)30-22(28)25-14-19(26)21(16-8-6-5-7-9-16)17-10-12-18(13-11-17)29-15-20(27)24-4/h5-13,21H,14-15H2,1-4H3,(H,24,27)(H,25,28)/t21-/m0/s1. The highest BCUT2D eigenvalue weighted by molar-refractivity contribution is 5.92. The summed E-state index contributed by atoms with van der Waals surface area (Å²) in [6, 6.07) is 16.3.